The van der Waals surface area contributed by atoms with E-state index in [0.717, 1.165) is 32.5 Å². The van der Waals surface area contributed by atoms with Crippen LogP contribution in [0.1, 0.15) is 19.8 Å². The molecule has 1 atom stereocenters. The van der Waals surface area contributed by atoms with Crippen LogP contribution in [-0.2, 0) is 4.79 Å². The molecule has 3 amide bonds. The Morgan fingerprint density at radius 3 is 2.82 bits per heavy atom. The number of hydrogen-bond donors (Lipinski definition) is 3. The van der Waals surface area contributed by atoms with Crippen molar-refractivity contribution >= 4 is 11.9 Å². The molecular formula is C11H20N4O2. The topological polar surface area (TPSA) is 73.5 Å². The maximum Gasteiger partial charge on any atom is 0.321 e. The highest BCUT2D eigenvalue weighted by molar-refractivity contribution is 5.95. The number of urea groups is 1. The molecule has 17 heavy (non-hydrogen) atoms. The first-order valence-electron chi connectivity index (χ1n) is 6.20. The summed E-state index contributed by atoms with van der Waals surface area (Å²) in [4.78, 5) is 25.1. The summed E-state index contributed by atoms with van der Waals surface area (Å²) in [6.07, 6.45) is 2.05. The van der Waals surface area contributed by atoms with Crippen molar-refractivity contribution < 1.29 is 9.59 Å². The smallest absolute Gasteiger partial charge is 0.321 e. The summed E-state index contributed by atoms with van der Waals surface area (Å²) >= 11 is 0. The lowest BCUT2D eigenvalue weighted by molar-refractivity contribution is -0.121. The highest BCUT2D eigenvalue weighted by Crippen LogP contribution is 2.18. The van der Waals surface area contributed by atoms with Gasteiger partial charge >= 0.3 is 6.03 Å². The number of hydrogen-bond acceptors (Lipinski definition) is 4. The molecule has 0 spiro atoms. The van der Waals surface area contributed by atoms with E-state index in [9.17, 15) is 9.59 Å². The van der Waals surface area contributed by atoms with E-state index in [1.54, 1.807) is 0 Å². The molecule has 3 N–H and O–H groups in total. The quantitative estimate of drug-likeness (QED) is 0.608. The van der Waals surface area contributed by atoms with Crippen LogP contribution in [0.2, 0.25) is 0 Å². The van der Waals surface area contributed by atoms with Crippen LogP contribution in [0.25, 0.3) is 0 Å². The zero-order chi connectivity index (χ0) is 12.3. The Balaban J connectivity index is 1.69. The van der Waals surface area contributed by atoms with Crippen LogP contribution < -0.4 is 16.0 Å². The van der Waals surface area contributed by atoms with Gasteiger partial charge in [-0.2, -0.15) is 0 Å². The van der Waals surface area contributed by atoms with Crippen molar-refractivity contribution in [1.82, 2.24) is 20.9 Å². The van der Waals surface area contributed by atoms with Crippen LogP contribution in [0.5, 0.6) is 0 Å². The first-order valence-corrected chi connectivity index (χ1v) is 6.20. The normalized spacial score (nSPS) is 25.4. The molecule has 2 rings (SSSR count). The molecule has 1 heterocycles. The van der Waals surface area contributed by atoms with E-state index in [1.807, 2.05) is 0 Å². The van der Waals surface area contributed by atoms with Crippen LogP contribution in [-0.4, -0.2) is 55.1 Å². The third kappa shape index (κ3) is 3.98. The minimum absolute atomic E-state index is 0.225. The highest BCUT2D eigenvalue weighted by Gasteiger charge is 2.25. The summed E-state index contributed by atoms with van der Waals surface area (Å²) in [5.74, 6) is -0.225. The van der Waals surface area contributed by atoms with Crippen molar-refractivity contribution in [1.29, 1.82) is 0 Å². The molecule has 0 unspecified atom stereocenters. The molecule has 1 aliphatic carbocycles. The van der Waals surface area contributed by atoms with Crippen molar-refractivity contribution in [3.05, 3.63) is 0 Å². The standard InChI is InChI=1S/C11H20N4O2/c1-8-6-12-4-5-15(8)7-10(16)14-11(17)13-9-2-3-9/h8-9,12H,2-7H2,1H3,(H2,13,14,16,17)/t8-/m0/s1. The zero-order valence-electron chi connectivity index (χ0n) is 10.2. The molecule has 6 nitrogen and oxygen atoms in total. The fourth-order valence-electron chi connectivity index (χ4n) is 1.92. The fourth-order valence-corrected chi connectivity index (χ4v) is 1.92. The fraction of sp³-hybridized carbons (Fsp3) is 0.818. The van der Waals surface area contributed by atoms with E-state index in [4.69, 9.17) is 0 Å². The number of amides is 3. The third-order valence-corrected chi connectivity index (χ3v) is 3.15. The SMILES string of the molecule is C[C@H]1CNCCN1CC(=O)NC(=O)NC1CC1. The van der Waals surface area contributed by atoms with Crippen LogP contribution in [0.3, 0.4) is 0 Å². The second-order valence-corrected chi connectivity index (χ2v) is 4.82. The Kier molecular flexibility index (Phi) is 3.96. The zero-order valence-corrected chi connectivity index (χ0v) is 10.2. The predicted molar refractivity (Wildman–Crippen MR) is 63.6 cm³/mol. The molecule has 1 aliphatic heterocycles. The van der Waals surface area contributed by atoms with Crippen molar-refractivity contribution in [2.45, 2.75) is 31.8 Å². The minimum atomic E-state index is -0.361. The van der Waals surface area contributed by atoms with E-state index in [2.05, 4.69) is 27.8 Å². The average Bonchev–Trinajstić information content (AvgIpc) is 3.05. The van der Waals surface area contributed by atoms with Gasteiger partial charge in [-0.05, 0) is 19.8 Å². The molecule has 0 aromatic rings. The van der Waals surface area contributed by atoms with E-state index in [-0.39, 0.29) is 18.0 Å². The number of carbonyl (C=O) groups excluding carboxylic acids is 2. The number of imide groups is 1. The summed E-state index contributed by atoms with van der Waals surface area (Å²) < 4.78 is 0. The van der Waals surface area contributed by atoms with E-state index in [1.165, 1.54) is 0 Å². The van der Waals surface area contributed by atoms with Crippen LogP contribution in [0, 0.1) is 0 Å². The minimum Gasteiger partial charge on any atom is -0.335 e. The van der Waals surface area contributed by atoms with Gasteiger partial charge < -0.3 is 10.6 Å². The van der Waals surface area contributed by atoms with Crippen molar-refractivity contribution in [2.75, 3.05) is 26.2 Å². The first-order chi connectivity index (χ1) is 8.15. The molecule has 6 heteroatoms. The Morgan fingerprint density at radius 1 is 1.41 bits per heavy atom. The molecule has 0 bridgehead atoms. The second-order valence-electron chi connectivity index (χ2n) is 4.82. The number of rotatable bonds is 3. The summed E-state index contributed by atoms with van der Waals surface area (Å²) in [5, 5.41) is 8.36. The number of nitrogens with one attached hydrogen (secondary N) is 3. The van der Waals surface area contributed by atoms with Gasteiger partial charge in [-0.3, -0.25) is 15.0 Å². The van der Waals surface area contributed by atoms with Gasteiger partial charge in [-0.15, -0.1) is 0 Å². The van der Waals surface area contributed by atoms with Crippen molar-refractivity contribution in [3.8, 4) is 0 Å². The predicted octanol–water partition coefficient (Wildman–Crippen LogP) is -0.732. The van der Waals surface area contributed by atoms with E-state index in [0.29, 0.717) is 12.6 Å². The molecule has 1 saturated carbocycles. The lowest BCUT2D eigenvalue weighted by atomic mass is 10.2. The van der Waals surface area contributed by atoms with Crippen molar-refractivity contribution in [2.24, 2.45) is 0 Å². The number of carbonyl (C=O) groups is 2. The summed E-state index contributed by atoms with van der Waals surface area (Å²) in [6, 6.07) is 0.252. The van der Waals surface area contributed by atoms with Gasteiger partial charge in [-0.25, -0.2) is 4.79 Å². The van der Waals surface area contributed by atoms with Gasteiger partial charge in [0.1, 0.15) is 0 Å². The number of piperazine rings is 1. The molecule has 0 radical (unpaired) electrons. The molecule has 2 fully saturated rings. The Bertz CT molecular complexity index is 304. The maximum absolute atomic E-state index is 11.6. The molecule has 2 aliphatic rings. The Morgan fingerprint density at radius 2 is 2.18 bits per heavy atom. The maximum atomic E-state index is 11.6. The monoisotopic (exact) mass is 240 g/mol. The first kappa shape index (κ1) is 12.3. The Hall–Kier alpha value is -1.14. The van der Waals surface area contributed by atoms with Crippen molar-refractivity contribution in [3.63, 3.8) is 0 Å². The molecule has 1 saturated heterocycles. The molecular weight excluding hydrogens is 220 g/mol. The van der Waals surface area contributed by atoms with E-state index >= 15 is 0 Å². The molecule has 96 valence electrons. The lowest BCUT2D eigenvalue weighted by Crippen LogP contribution is -2.54. The largest absolute Gasteiger partial charge is 0.335 e. The summed E-state index contributed by atoms with van der Waals surface area (Å²) in [5.41, 5.74) is 0. The molecule has 0 aromatic carbocycles. The van der Waals surface area contributed by atoms with Gasteiger partial charge in [0.25, 0.3) is 0 Å². The second kappa shape index (κ2) is 5.46. The summed E-state index contributed by atoms with van der Waals surface area (Å²) in [7, 11) is 0. The van der Waals surface area contributed by atoms with Crippen LogP contribution in [0.15, 0.2) is 0 Å². The van der Waals surface area contributed by atoms with E-state index < -0.39 is 0 Å². The summed E-state index contributed by atoms with van der Waals surface area (Å²) in [6.45, 7) is 5.00. The van der Waals surface area contributed by atoms with Gasteiger partial charge in [0.05, 0.1) is 6.54 Å². The lowest BCUT2D eigenvalue weighted by Gasteiger charge is -2.33. The average molecular weight is 240 g/mol. The van der Waals surface area contributed by atoms with Gasteiger partial charge in [0, 0.05) is 31.7 Å². The van der Waals surface area contributed by atoms with Gasteiger partial charge in [0.15, 0.2) is 0 Å². The van der Waals surface area contributed by atoms with Gasteiger partial charge in [0.2, 0.25) is 5.91 Å². The highest BCUT2D eigenvalue weighted by atomic mass is 16.2. The Labute approximate surface area is 101 Å². The van der Waals surface area contributed by atoms with Crippen LogP contribution in [0.4, 0.5) is 4.79 Å². The van der Waals surface area contributed by atoms with Crippen LogP contribution >= 0.6 is 0 Å². The van der Waals surface area contributed by atoms with Gasteiger partial charge in [-0.1, -0.05) is 0 Å². The third-order valence-electron chi connectivity index (χ3n) is 3.15. The molecule has 0 aromatic heterocycles. The number of nitrogens with zero attached hydrogens (tertiary/aromatic N) is 1.